The molecule has 9 heteroatoms. The first kappa shape index (κ1) is 15.1. The quantitative estimate of drug-likeness (QED) is 0.521. The van der Waals surface area contributed by atoms with E-state index < -0.39 is 6.10 Å². The highest BCUT2D eigenvalue weighted by Gasteiger charge is 2.09. The van der Waals surface area contributed by atoms with E-state index in [9.17, 15) is 5.11 Å². The molecule has 0 aliphatic rings. The van der Waals surface area contributed by atoms with Crippen molar-refractivity contribution in [1.82, 2.24) is 24.7 Å². The lowest BCUT2D eigenvalue weighted by molar-refractivity contribution is 0.105. The van der Waals surface area contributed by atoms with Crippen molar-refractivity contribution in [2.45, 2.75) is 19.4 Å². The molecule has 9 nitrogen and oxygen atoms in total. The van der Waals surface area contributed by atoms with Crippen molar-refractivity contribution >= 4 is 11.9 Å². The van der Waals surface area contributed by atoms with Crippen molar-refractivity contribution in [2.75, 3.05) is 30.3 Å². The van der Waals surface area contributed by atoms with Crippen LogP contribution in [0.25, 0.3) is 5.95 Å². The van der Waals surface area contributed by atoms with Crippen LogP contribution in [0.5, 0.6) is 0 Å². The highest BCUT2D eigenvalue weighted by atomic mass is 16.3. The zero-order valence-electron chi connectivity index (χ0n) is 11.8. The van der Waals surface area contributed by atoms with Gasteiger partial charge >= 0.3 is 0 Å². The normalized spacial score (nSPS) is 12.1. The molecule has 0 radical (unpaired) electrons. The lowest BCUT2D eigenvalue weighted by Gasteiger charge is -2.11. The number of nitrogens with one attached hydrogen (secondary N) is 2. The monoisotopic (exact) mass is 293 g/mol. The summed E-state index contributed by atoms with van der Waals surface area (Å²) in [5.41, 5.74) is 0. The fraction of sp³-hybridized carbons (Fsp3) is 0.500. The van der Waals surface area contributed by atoms with E-state index >= 15 is 0 Å². The molecule has 0 fully saturated rings. The van der Waals surface area contributed by atoms with Gasteiger partial charge in [-0.3, -0.25) is 0 Å². The summed E-state index contributed by atoms with van der Waals surface area (Å²) in [5.74, 6) is 1.11. The lowest BCUT2D eigenvalue weighted by Crippen LogP contribution is -2.24. The Morgan fingerprint density at radius 1 is 1.24 bits per heavy atom. The largest absolute Gasteiger partial charge is 0.394 e. The third-order valence-corrected chi connectivity index (χ3v) is 2.57. The number of aromatic nitrogens is 5. The Hall–Kier alpha value is -2.26. The van der Waals surface area contributed by atoms with Crippen LogP contribution < -0.4 is 10.6 Å². The van der Waals surface area contributed by atoms with Crippen molar-refractivity contribution < 1.29 is 10.2 Å². The zero-order chi connectivity index (χ0) is 15.1. The molecule has 0 amide bonds. The molecule has 1 atom stereocenters. The SMILES string of the molecule is CCCNc1nc(NCC(O)CO)nc(-n2cccn2)n1. The van der Waals surface area contributed by atoms with Crippen LogP contribution in [0.4, 0.5) is 11.9 Å². The second kappa shape index (κ2) is 7.50. The predicted molar refractivity (Wildman–Crippen MR) is 77.3 cm³/mol. The van der Waals surface area contributed by atoms with Gasteiger partial charge in [0, 0.05) is 25.5 Å². The Bertz CT molecular complexity index is 547. The van der Waals surface area contributed by atoms with Gasteiger partial charge in [-0.1, -0.05) is 6.92 Å². The second-order valence-corrected chi connectivity index (χ2v) is 4.38. The maximum atomic E-state index is 9.37. The molecular weight excluding hydrogens is 274 g/mol. The van der Waals surface area contributed by atoms with E-state index in [1.807, 2.05) is 6.92 Å². The summed E-state index contributed by atoms with van der Waals surface area (Å²) in [7, 11) is 0. The summed E-state index contributed by atoms with van der Waals surface area (Å²) >= 11 is 0. The van der Waals surface area contributed by atoms with Crippen LogP contribution in [-0.2, 0) is 0 Å². The molecule has 2 aromatic heterocycles. The summed E-state index contributed by atoms with van der Waals surface area (Å²) in [6.07, 6.45) is 3.42. The Morgan fingerprint density at radius 2 is 2.00 bits per heavy atom. The van der Waals surface area contributed by atoms with Gasteiger partial charge in [0.15, 0.2) is 0 Å². The number of aliphatic hydroxyl groups is 2. The van der Waals surface area contributed by atoms with E-state index in [2.05, 4.69) is 30.7 Å². The first-order chi connectivity index (χ1) is 10.2. The summed E-state index contributed by atoms with van der Waals surface area (Å²) in [6, 6.07) is 1.77. The molecule has 2 rings (SSSR count). The Kier molecular flexibility index (Phi) is 5.41. The molecule has 0 bridgehead atoms. The number of nitrogens with zero attached hydrogens (tertiary/aromatic N) is 5. The zero-order valence-corrected chi connectivity index (χ0v) is 11.8. The topological polar surface area (TPSA) is 121 Å². The maximum Gasteiger partial charge on any atom is 0.257 e. The van der Waals surface area contributed by atoms with Gasteiger partial charge in [-0.25, -0.2) is 4.68 Å². The smallest absolute Gasteiger partial charge is 0.257 e. The molecule has 0 spiro atoms. The summed E-state index contributed by atoms with van der Waals surface area (Å²) in [4.78, 5) is 12.7. The molecule has 4 N–H and O–H groups in total. The van der Waals surface area contributed by atoms with Crippen molar-refractivity contribution in [3.8, 4) is 5.95 Å². The van der Waals surface area contributed by atoms with E-state index in [1.165, 1.54) is 4.68 Å². The van der Waals surface area contributed by atoms with Gasteiger partial charge < -0.3 is 20.8 Å². The second-order valence-electron chi connectivity index (χ2n) is 4.38. The van der Waals surface area contributed by atoms with E-state index in [4.69, 9.17) is 5.11 Å². The van der Waals surface area contributed by atoms with Gasteiger partial charge in [0.1, 0.15) is 0 Å². The van der Waals surface area contributed by atoms with Gasteiger partial charge in [-0.2, -0.15) is 20.1 Å². The average Bonchev–Trinajstić information content (AvgIpc) is 3.04. The predicted octanol–water partition coefficient (Wildman–Crippen LogP) is -0.356. The minimum atomic E-state index is -0.873. The molecule has 0 aliphatic carbocycles. The third kappa shape index (κ3) is 4.36. The molecular formula is C12H19N7O2. The van der Waals surface area contributed by atoms with Crippen LogP contribution in [0, 0.1) is 0 Å². The summed E-state index contributed by atoms with van der Waals surface area (Å²) < 4.78 is 1.52. The highest BCUT2D eigenvalue weighted by molar-refractivity contribution is 5.37. The first-order valence-electron chi connectivity index (χ1n) is 6.75. The van der Waals surface area contributed by atoms with E-state index in [0.29, 0.717) is 17.8 Å². The fourth-order valence-corrected chi connectivity index (χ4v) is 1.52. The van der Waals surface area contributed by atoms with Crippen LogP contribution in [0.1, 0.15) is 13.3 Å². The molecule has 0 aromatic carbocycles. The van der Waals surface area contributed by atoms with Gasteiger partial charge in [0.2, 0.25) is 11.9 Å². The number of rotatable bonds is 8. The fourth-order valence-electron chi connectivity index (χ4n) is 1.52. The standard InChI is InChI=1S/C12H19N7O2/c1-2-4-13-10-16-11(14-7-9(21)8-20)18-12(17-10)19-6-3-5-15-19/h3,5-6,9,20-21H,2,4,7-8H2,1H3,(H2,13,14,16,17,18). The maximum absolute atomic E-state index is 9.37. The Balaban J connectivity index is 2.20. The number of hydrogen-bond acceptors (Lipinski definition) is 8. The van der Waals surface area contributed by atoms with Crippen LogP contribution >= 0.6 is 0 Å². The van der Waals surface area contributed by atoms with Crippen LogP contribution in [-0.4, -0.2) is 60.7 Å². The Labute approximate surface area is 122 Å². The minimum Gasteiger partial charge on any atom is -0.394 e. The average molecular weight is 293 g/mol. The number of aliphatic hydroxyl groups excluding tert-OH is 2. The lowest BCUT2D eigenvalue weighted by atomic mass is 10.4. The highest BCUT2D eigenvalue weighted by Crippen LogP contribution is 2.09. The molecule has 21 heavy (non-hydrogen) atoms. The molecule has 1 unspecified atom stereocenters. The Morgan fingerprint density at radius 3 is 2.62 bits per heavy atom. The van der Waals surface area contributed by atoms with E-state index in [-0.39, 0.29) is 13.2 Å². The first-order valence-corrected chi connectivity index (χ1v) is 6.75. The molecule has 0 saturated carbocycles. The van der Waals surface area contributed by atoms with Crippen molar-refractivity contribution in [3.05, 3.63) is 18.5 Å². The number of anilines is 2. The molecule has 2 heterocycles. The van der Waals surface area contributed by atoms with Crippen molar-refractivity contribution in [2.24, 2.45) is 0 Å². The van der Waals surface area contributed by atoms with Gasteiger partial charge in [-0.15, -0.1) is 0 Å². The van der Waals surface area contributed by atoms with Crippen molar-refractivity contribution in [3.63, 3.8) is 0 Å². The minimum absolute atomic E-state index is 0.145. The molecule has 0 saturated heterocycles. The van der Waals surface area contributed by atoms with Crippen LogP contribution in [0.2, 0.25) is 0 Å². The van der Waals surface area contributed by atoms with Gasteiger partial charge in [-0.05, 0) is 12.5 Å². The van der Waals surface area contributed by atoms with E-state index in [0.717, 1.165) is 13.0 Å². The third-order valence-electron chi connectivity index (χ3n) is 2.57. The molecule has 0 aliphatic heterocycles. The van der Waals surface area contributed by atoms with Gasteiger partial charge in [0.05, 0.1) is 12.7 Å². The van der Waals surface area contributed by atoms with Crippen LogP contribution in [0.3, 0.4) is 0 Å². The van der Waals surface area contributed by atoms with E-state index in [1.54, 1.807) is 18.5 Å². The number of hydrogen-bond donors (Lipinski definition) is 4. The van der Waals surface area contributed by atoms with Gasteiger partial charge in [0.25, 0.3) is 5.95 Å². The molecule has 2 aromatic rings. The summed E-state index contributed by atoms with van der Waals surface area (Å²) in [6.45, 7) is 2.60. The summed E-state index contributed by atoms with van der Waals surface area (Å²) in [5, 5.41) is 28.2. The van der Waals surface area contributed by atoms with Crippen molar-refractivity contribution in [1.29, 1.82) is 0 Å². The van der Waals surface area contributed by atoms with Crippen LogP contribution in [0.15, 0.2) is 18.5 Å². The molecule has 114 valence electrons.